The summed E-state index contributed by atoms with van der Waals surface area (Å²) in [7, 11) is -4.11. The molecule has 2 amide bonds. The molecule has 0 radical (unpaired) electrons. The van der Waals surface area contributed by atoms with Crippen molar-refractivity contribution in [1.29, 1.82) is 0 Å². The van der Waals surface area contributed by atoms with Crippen molar-refractivity contribution in [2.45, 2.75) is 69.8 Å². The van der Waals surface area contributed by atoms with E-state index in [1.807, 2.05) is 4.72 Å². The van der Waals surface area contributed by atoms with Gasteiger partial charge >= 0.3 is 5.97 Å². The Balaban J connectivity index is 1.49. The van der Waals surface area contributed by atoms with Gasteiger partial charge in [0.15, 0.2) is 0 Å². The molecule has 1 aromatic carbocycles. The van der Waals surface area contributed by atoms with Crippen LogP contribution < -0.4 is 10.0 Å². The van der Waals surface area contributed by atoms with Crippen LogP contribution in [0.1, 0.15) is 78.8 Å². The molecule has 1 aromatic heterocycles. The predicted molar refractivity (Wildman–Crippen MR) is 134 cm³/mol. The van der Waals surface area contributed by atoms with E-state index in [0.717, 1.165) is 24.6 Å². The summed E-state index contributed by atoms with van der Waals surface area (Å²) in [6.45, 7) is 3.88. The van der Waals surface area contributed by atoms with Crippen LogP contribution in [-0.2, 0) is 26.0 Å². The molecule has 10 heteroatoms. The van der Waals surface area contributed by atoms with Crippen LogP contribution in [0, 0.1) is 5.92 Å². The highest BCUT2D eigenvalue weighted by atomic mass is 32.2. The first-order valence-electron chi connectivity index (χ1n) is 12.2. The Kier molecular flexibility index (Phi) is 9.58. The van der Waals surface area contributed by atoms with Crippen molar-refractivity contribution in [2.24, 2.45) is 5.92 Å². The van der Waals surface area contributed by atoms with Crippen LogP contribution in [0.3, 0.4) is 0 Å². The number of benzene rings is 1. The largest absolute Gasteiger partial charge is 0.458 e. The molecule has 36 heavy (non-hydrogen) atoms. The molecule has 1 heterocycles. The van der Waals surface area contributed by atoms with E-state index in [1.165, 1.54) is 43.5 Å². The van der Waals surface area contributed by atoms with Crippen molar-refractivity contribution in [2.75, 3.05) is 6.54 Å². The zero-order chi connectivity index (χ0) is 26.1. The molecule has 1 saturated carbocycles. The molecule has 0 saturated heterocycles. The van der Waals surface area contributed by atoms with Crippen molar-refractivity contribution in [3.8, 4) is 0 Å². The van der Waals surface area contributed by atoms with E-state index in [4.69, 9.17) is 4.74 Å². The average molecular weight is 516 g/mol. The third-order valence-electron chi connectivity index (χ3n) is 5.97. The van der Waals surface area contributed by atoms with Gasteiger partial charge in [0.1, 0.15) is 5.69 Å². The second-order valence-corrected chi connectivity index (χ2v) is 11.0. The first-order valence-corrected chi connectivity index (χ1v) is 13.7. The summed E-state index contributed by atoms with van der Waals surface area (Å²) in [5.74, 6) is -0.957. The Morgan fingerprint density at radius 3 is 2.33 bits per heavy atom. The van der Waals surface area contributed by atoms with Gasteiger partial charge in [-0.2, -0.15) is 0 Å². The Labute approximate surface area is 212 Å². The number of pyridine rings is 1. The molecule has 194 valence electrons. The zero-order valence-corrected chi connectivity index (χ0v) is 21.5. The number of ether oxygens (including phenoxy) is 1. The number of amides is 2. The minimum Gasteiger partial charge on any atom is -0.458 e. The molecule has 9 nitrogen and oxygen atoms in total. The van der Waals surface area contributed by atoms with E-state index in [1.54, 1.807) is 26.0 Å². The molecule has 2 N–H and O–H groups in total. The maximum absolute atomic E-state index is 12.6. The van der Waals surface area contributed by atoms with Crippen LogP contribution in [0.2, 0.25) is 0 Å². The van der Waals surface area contributed by atoms with Gasteiger partial charge < -0.3 is 10.1 Å². The van der Waals surface area contributed by atoms with Gasteiger partial charge in [-0.3, -0.25) is 9.59 Å². The van der Waals surface area contributed by atoms with Crippen LogP contribution in [-0.4, -0.2) is 43.8 Å². The van der Waals surface area contributed by atoms with Crippen LogP contribution >= 0.6 is 0 Å². The minimum atomic E-state index is -4.11. The topological polar surface area (TPSA) is 132 Å². The van der Waals surface area contributed by atoms with E-state index in [0.29, 0.717) is 25.3 Å². The number of carbonyl (C=O) groups is 3. The third-order valence-corrected chi connectivity index (χ3v) is 7.32. The smallest absolute Gasteiger partial charge is 0.357 e. The van der Waals surface area contributed by atoms with E-state index in [2.05, 4.69) is 10.3 Å². The fourth-order valence-electron chi connectivity index (χ4n) is 4.07. The monoisotopic (exact) mass is 515 g/mol. The van der Waals surface area contributed by atoms with Gasteiger partial charge in [0.25, 0.3) is 15.9 Å². The lowest BCUT2D eigenvalue weighted by molar-refractivity contribution is -0.122. The Bertz CT molecular complexity index is 1160. The van der Waals surface area contributed by atoms with Gasteiger partial charge in [-0.05, 0) is 68.9 Å². The Morgan fingerprint density at radius 1 is 1.03 bits per heavy atom. The number of rotatable bonds is 10. The van der Waals surface area contributed by atoms with Gasteiger partial charge in [0.05, 0.1) is 16.6 Å². The second-order valence-electron chi connectivity index (χ2n) is 9.27. The highest BCUT2D eigenvalue weighted by Crippen LogP contribution is 2.26. The number of sulfonamides is 1. The van der Waals surface area contributed by atoms with Gasteiger partial charge in [-0.1, -0.05) is 31.4 Å². The standard InChI is InChI=1S/C26H33N3O6S/c1-18(2)35-26(32)23-13-10-21(17-28-23)25(31)29-36(33,34)22-11-8-19(9-12-22)14-15-27-24(30)16-20-6-4-3-5-7-20/h8-13,17-18,20H,3-7,14-16H2,1-2H3,(H,27,30)(H,29,31). The Hall–Kier alpha value is -3.27. The van der Waals surface area contributed by atoms with Crippen molar-refractivity contribution < 1.29 is 27.5 Å². The van der Waals surface area contributed by atoms with E-state index < -0.39 is 21.9 Å². The lowest BCUT2D eigenvalue weighted by Gasteiger charge is -2.20. The number of carbonyl (C=O) groups excluding carboxylic acids is 3. The number of hydrogen-bond acceptors (Lipinski definition) is 7. The van der Waals surface area contributed by atoms with Gasteiger partial charge in [0.2, 0.25) is 5.91 Å². The molecule has 1 aliphatic rings. The fraction of sp³-hybridized carbons (Fsp3) is 0.462. The summed E-state index contributed by atoms with van der Waals surface area (Å²) in [5, 5.41) is 2.94. The van der Waals surface area contributed by atoms with Crippen molar-refractivity contribution in [1.82, 2.24) is 15.0 Å². The molecule has 0 spiro atoms. The lowest BCUT2D eigenvalue weighted by Crippen LogP contribution is -2.30. The summed E-state index contributed by atoms with van der Waals surface area (Å²) in [6.07, 6.45) is 7.84. The maximum atomic E-state index is 12.6. The molecule has 3 rings (SSSR count). The average Bonchev–Trinajstić information content (AvgIpc) is 2.84. The van der Waals surface area contributed by atoms with Crippen molar-refractivity contribution in [3.63, 3.8) is 0 Å². The fourth-order valence-corrected chi connectivity index (χ4v) is 5.04. The van der Waals surface area contributed by atoms with E-state index in [9.17, 15) is 22.8 Å². The molecule has 1 aliphatic carbocycles. The van der Waals surface area contributed by atoms with Crippen LogP contribution in [0.4, 0.5) is 0 Å². The minimum absolute atomic E-state index is 0.0136. The quantitative estimate of drug-likeness (QED) is 0.464. The highest BCUT2D eigenvalue weighted by molar-refractivity contribution is 7.90. The Morgan fingerprint density at radius 2 is 1.72 bits per heavy atom. The lowest BCUT2D eigenvalue weighted by atomic mass is 9.87. The van der Waals surface area contributed by atoms with Crippen LogP contribution in [0.5, 0.6) is 0 Å². The van der Waals surface area contributed by atoms with Gasteiger partial charge in [-0.15, -0.1) is 0 Å². The van der Waals surface area contributed by atoms with Gasteiger partial charge in [-0.25, -0.2) is 22.9 Å². The number of hydrogen-bond donors (Lipinski definition) is 2. The molecular formula is C26H33N3O6S. The summed E-state index contributed by atoms with van der Waals surface area (Å²) < 4.78 is 32.3. The summed E-state index contributed by atoms with van der Waals surface area (Å²) in [6, 6.07) is 8.75. The molecule has 2 aromatic rings. The van der Waals surface area contributed by atoms with E-state index >= 15 is 0 Å². The summed E-state index contributed by atoms with van der Waals surface area (Å²) >= 11 is 0. The molecule has 0 aliphatic heterocycles. The molecule has 1 fully saturated rings. The van der Waals surface area contributed by atoms with E-state index in [-0.39, 0.29) is 28.2 Å². The van der Waals surface area contributed by atoms with Gasteiger partial charge in [0, 0.05) is 19.2 Å². The SMILES string of the molecule is CC(C)OC(=O)c1ccc(C(=O)NS(=O)(=O)c2ccc(CCNC(=O)CC3CCCCC3)cc2)cn1. The maximum Gasteiger partial charge on any atom is 0.357 e. The summed E-state index contributed by atoms with van der Waals surface area (Å²) in [4.78, 5) is 40.2. The zero-order valence-electron chi connectivity index (χ0n) is 20.7. The second kappa shape index (κ2) is 12.6. The normalized spacial score (nSPS) is 14.3. The molecule has 0 unspecified atom stereocenters. The summed E-state index contributed by atoms with van der Waals surface area (Å²) in [5.41, 5.74) is 0.871. The molecule has 0 bridgehead atoms. The highest BCUT2D eigenvalue weighted by Gasteiger charge is 2.20. The third kappa shape index (κ3) is 8.15. The molecular weight excluding hydrogens is 482 g/mol. The first kappa shape index (κ1) is 27.3. The van der Waals surface area contributed by atoms with Crippen LogP contribution in [0.15, 0.2) is 47.5 Å². The first-order chi connectivity index (χ1) is 17.1. The molecule has 0 atom stereocenters. The number of nitrogens with one attached hydrogen (secondary N) is 2. The van der Waals surface area contributed by atoms with Crippen molar-refractivity contribution >= 4 is 27.8 Å². The number of esters is 1. The predicted octanol–water partition coefficient (Wildman–Crippen LogP) is 3.39. The number of aromatic nitrogens is 1. The van der Waals surface area contributed by atoms with Crippen molar-refractivity contribution in [3.05, 3.63) is 59.4 Å². The van der Waals surface area contributed by atoms with Crippen LogP contribution in [0.25, 0.3) is 0 Å². The number of nitrogens with zero attached hydrogens (tertiary/aromatic N) is 1.